The van der Waals surface area contributed by atoms with Crippen molar-refractivity contribution in [3.63, 3.8) is 0 Å². The summed E-state index contributed by atoms with van der Waals surface area (Å²) in [6.07, 6.45) is 3.31. The minimum atomic E-state index is 0.443. The Hall–Kier alpha value is -1.69. The topological polar surface area (TPSA) is 73.9 Å². The van der Waals surface area contributed by atoms with E-state index < -0.39 is 0 Å². The molecule has 2 N–H and O–H groups in total. The maximum Gasteiger partial charge on any atom is 0.203 e. The smallest absolute Gasteiger partial charge is 0.203 e. The van der Waals surface area contributed by atoms with Crippen LogP contribution in [0.1, 0.15) is 0 Å². The van der Waals surface area contributed by atoms with Crippen molar-refractivity contribution in [2.75, 3.05) is 12.8 Å². The fourth-order valence-electron chi connectivity index (χ4n) is 1.06. The van der Waals surface area contributed by atoms with Crippen LogP contribution in [0.25, 0.3) is 10.6 Å². The number of pyridine rings is 1. The SMILES string of the molecule is COc1cnccc1-c1nnc(N)s1. The molecule has 2 heterocycles. The second-order valence-corrected chi connectivity index (χ2v) is 3.53. The van der Waals surface area contributed by atoms with Crippen molar-refractivity contribution < 1.29 is 4.74 Å². The van der Waals surface area contributed by atoms with E-state index in [9.17, 15) is 0 Å². The number of hydrogen-bond acceptors (Lipinski definition) is 6. The van der Waals surface area contributed by atoms with Crippen LogP contribution in [0.15, 0.2) is 18.5 Å². The van der Waals surface area contributed by atoms with Gasteiger partial charge in [0.1, 0.15) is 5.75 Å². The van der Waals surface area contributed by atoms with Gasteiger partial charge in [0.05, 0.1) is 18.9 Å². The Morgan fingerprint density at radius 3 is 2.93 bits per heavy atom. The Morgan fingerprint density at radius 1 is 1.43 bits per heavy atom. The minimum absolute atomic E-state index is 0.443. The molecular weight excluding hydrogens is 200 g/mol. The van der Waals surface area contributed by atoms with Crippen LogP contribution >= 0.6 is 11.3 Å². The predicted molar refractivity (Wildman–Crippen MR) is 54.1 cm³/mol. The van der Waals surface area contributed by atoms with Crippen LogP contribution in [-0.4, -0.2) is 22.3 Å². The third kappa shape index (κ3) is 1.51. The fourth-order valence-corrected chi connectivity index (χ4v) is 1.70. The van der Waals surface area contributed by atoms with Crippen molar-refractivity contribution in [1.82, 2.24) is 15.2 Å². The number of methoxy groups -OCH3 is 1. The van der Waals surface area contributed by atoms with Crippen molar-refractivity contribution in [2.45, 2.75) is 0 Å². The van der Waals surface area contributed by atoms with E-state index in [0.717, 1.165) is 10.6 Å². The van der Waals surface area contributed by atoms with E-state index in [1.165, 1.54) is 11.3 Å². The zero-order valence-corrected chi connectivity index (χ0v) is 8.28. The highest BCUT2D eigenvalue weighted by atomic mass is 32.1. The van der Waals surface area contributed by atoms with Gasteiger partial charge in [-0.3, -0.25) is 4.98 Å². The lowest BCUT2D eigenvalue weighted by Crippen LogP contribution is -1.88. The summed E-state index contributed by atoms with van der Waals surface area (Å²) in [5.41, 5.74) is 6.35. The quantitative estimate of drug-likeness (QED) is 0.802. The average molecular weight is 208 g/mol. The highest BCUT2D eigenvalue weighted by Crippen LogP contribution is 2.31. The van der Waals surface area contributed by atoms with Crippen LogP contribution in [0.3, 0.4) is 0 Å². The Kier molecular flexibility index (Phi) is 2.28. The Morgan fingerprint density at radius 2 is 2.29 bits per heavy atom. The third-order valence-corrected chi connectivity index (χ3v) is 2.46. The van der Waals surface area contributed by atoms with Crippen molar-refractivity contribution in [2.24, 2.45) is 0 Å². The molecule has 2 aromatic rings. The van der Waals surface area contributed by atoms with E-state index in [4.69, 9.17) is 10.5 Å². The number of ether oxygens (including phenoxy) is 1. The minimum Gasteiger partial charge on any atom is -0.494 e. The van der Waals surface area contributed by atoms with Crippen LogP contribution in [0.2, 0.25) is 0 Å². The molecule has 0 saturated carbocycles. The third-order valence-electron chi connectivity index (χ3n) is 1.68. The number of nitrogen functional groups attached to an aromatic ring is 1. The number of hydrogen-bond donors (Lipinski definition) is 1. The van der Waals surface area contributed by atoms with Gasteiger partial charge in [-0.05, 0) is 6.07 Å². The molecule has 0 unspecified atom stereocenters. The van der Waals surface area contributed by atoms with E-state index in [2.05, 4.69) is 15.2 Å². The molecule has 6 heteroatoms. The monoisotopic (exact) mass is 208 g/mol. The van der Waals surface area contributed by atoms with E-state index in [-0.39, 0.29) is 0 Å². The van der Waals surface area contributed by atoms with Gasteiger partial charge in [0, 0.05) is 6.20 Å². The van der Waals surface area contributed by atoms with Gasteiger partial charge in [0.25, 0.3) is 0 Å². The molecule has 0 amide bonds. The van der Waals surface area contributed by atoms with E-state index in [1.54, 1.807) is 19.5 Å². The van der Waals surface area contributed by atoms with E-state index in [0.29, 0.717) is 10.9 Å². The number of anilines is 1. The standard InChI is InChI=1S/C8H8N4OS/c1-13-6-4-10-3-2-5(6)7-11-12-8(9)14-7/h2-4H,1H3,(H2,9,12). The zero-order chi connectivity index (χ0) is 9.97. The Balaban J connectivity index is 2.50. The molecule has 2 aromatic heterocycles. The van der Waals surface area contributed by atoms with Gasteiger partial charge >= 0.3 is 0 Å². The van der Waals surface area contributed by atoms with Gasteiger partial charge in [0.2, 0.25) is 5.13 Å². The first-order chi connectivity index (χ1) is 6.81. The molecule has 0 bridgehead atoms. The molecule has 0 aliphatic heterocycles. The molecule has 2 rings (SSSR count). The first-order valence-corrected chi connectivity index (χ1v) is 4.70. The maximum absolute atomic E-state index is 5.50. The summed E-state index contributed by atoms with van der Waals surface area (Å²) in [6.45, 7) is 0. The zero-order valence-electron chi connectivity index (χ0n) is 7.47. The first-order valence-electron chi connectivity index (χ1n) is 3.88. The summed E-state index contributed by atoms with van der Waals surface area (Å²) in [7, 11) is 1.59. The van der Waals surface area contributed by atoms with Gasteiger partial charge in [0.15, 0.2) is 5.01 Å². The lowest BCUT2D eigenvalue weighted by molar-refractivity contribution is 0.414. The largest absolute Gasteiger partial charge is 0.494 e. The molecule has 0 atom stereocenters. The molecular formula is C8H8N4OS. The lowest BCUT2D eigenvalue weighted by atomic mass is 10.2. The number of aromatic nitrogens is 3. The van der Waals surface area contributed by atoms with E-state index in [1.807, 2.05) is 6.07 Å². The molecule has 0 saturated heterocycles. The fraction of sp³-hybridized carbons (Fsp3) is 0.125. The molecule has 0 aliphatic rings. The first kappa shape index (κ1) is 8.89. The molecule has 5 nitrogen and oxygen atoms in total. The van der Waals surface area contributed by atoms with Gasteiger partial charge in [-0.25, -0.2) is 0 Å². The van der Waals surface area contributed by atoms with Crippen molar-refractivity contribution in [3.8, 4) is 16.3 Å². The summed E-state index contributed by atoms with van der Waals surface area (Å²) in [4.78, 5) is 3.95. The van der Waals surface area contributed by atoms with E-state index >= 15 is 0 Å². The van der Waals surface area contributed by atoms with Gasteiger partial charge < -0.3 is 10.5 Å². The van der Waals surface area contributed by atoms with Gasteiger partial charge in [-0.15, -0.1) is 10.2 Å². The van der Waals surface area contributed by atoms with Crippen LogP contribution in [0, 0.1) is 0 Å². The molecule has 0 spiro atoms. The van der Waals surface area contributed by atoms with Crippen molar-refractivity contribution >= 4 is 16.5 Å². The van der Waals surface area contributed by atoms with Crippen molar-refractivity contribution in [3.05, 3.63) is 18.5 Å². The summed E-state index contributed by atoms with van der Waals surface area (Å²) < 4.78 is 5.14. The van der Waals surface area contributed by atoms with Gasteiger partial charge in [-0.2, -0.15) is 0 Å². The number of nitrogens with zero attached hydrogens (tertiary/aromatic N) is 3. The molecule has 14 heavy (non-hydrogen) atoms. The normalized spacial score (nSPS) is 10.1. The summed E-state index contributed by atoms with van der Waals surface area (Å²) >= 11 is 1.32. The van der Waals surface area contributed by atoms with Crippen LogP contribution < -0.4 is 10.5 Å². The Bertz CT molecular complexity index is 442. The van der Waals surface area contributed by atoms with Crippen LogP contribution in [0.4, 0.5) is 5.13 Å². The second-order valence-electron chi connectivity index (χ2n) is 2.52. The summed E-state index contributed by atoms with van der Waals surface area (Å²) in [5.74, 6) is 0.670. The molecule has 0 aliphatic carbocycles. The molecule has 0 aromatic carbocycles. The second kappa shape index (κ2) is 3.59. The highest BCUT2D eigenvalue weighted by Gasteiger charge is 2.09. The van der Waals surface area contributed by atoms with Gasteiger partial charge in [-0.1, -0.05) is 11.3 Å². The van der Waals surface area contributed by atoms with Crippen molar-refractivity contribution in [1.29, 1.82) is 0 Å². The summed E-state index contributed by atoms with van der Waals surface area (Å²) in [5, 5.41) is 8.85. The average Bonchev–Trinajstić information content (AvgIpc) is 2.65. The lowest BCUT2D eigenvalue weighted by Gasteiger charge is -2.02. The number of rotatable bonds is 2. The number of nitrogens with two attached hydrogens (primary N) is 1. The Labute approximate surface area is 84.6 Å². The summed E-state index contributed by atoms with van der Waals surface area (Å²) in [6, 6.07) is 1.82. The predicted octanol–water partition coefficient (Wildman–Crippen LogP) is 1.19. The highest BCUT2D eigenvalue weighted by molar-refractivity contribution is 7.18. The molecule has 0 radical (unpaired) electrons. The van der Waals surface area contributed by atoms with Crippen LogP contribution in [0.5, 0.6) is 5.75 Å². The molecule has 72 valence electrons. The maximum atomic E-state index is 5.50. The molecule has 0 fully saturated rings. The van der Waals surface area contributed by atoms with Crippen LogP contribution in [-0.2, 0) is 0 Å².